The van der Waals surface area contributed by atoms with Crippen LogP contribution in [0.25, 0.3) is 71.3 Å². The maximum Gasteiger partial charge on any atom is 0.135 e. The predicted octanol–water partition coefficient (Wildman–Crippen LogP) is 12.6. The Morgan fingerprint density at radius 2 is 1.31 bits per heavy atom. The van der Waals surface area contributed by atoms with Crippen LogP contribution in [0.3, 0.4) is 0 Å². The number of aromatic nitrogens is 2. The van der Waals surface area contributed by atoms with Crippen LogP contribution in [-0.2, 0) is 6.42 Å². The summed E-state index contributed by atoms with van der Waals surface area (Å²) in [7, 11) is 0. The monoisotopic (exact) mass is 654 g/mol. The molecule has 2 heterocycles. The second kappa shape index (κ2) is 11.9. The molecule has 242 valence electrons. The normalized spacial score (nSPS) is 14.8. The molecule has 7 aromatic carbocycles. The Balaban J connectivity index is 1.05. The molecule has 51 heavy (non-hydrogen) atoms. The first kappa shape index (κ1) is 29.6. The van der Waals surface area contributed by atoms with E-state index in [0.717, 1.165) is 57.1 Å². The zero-order valence-electron chi connectivity index (χ0n) is 28.3. The van der Waals surface area contributed by atoms with E-state index in [-0.39, 0.29) is 0 Å². The third-order valence-electron chi connectivity index (χ3n) is 10.7. The van der Waals surface area contributed by atoms with Gasteiger partial charge >= 0.3 is 0 Å². The number of rotatable bonds is 5. The third-order valence-corrected chi connectivity index (χ3v) is 10.7. The van der Waals surface area contributed by atoms with E-state index >= 15 is 0 Å². The molecule has 0 fully saturated rings. The van der Waals surface area contributed by atoms with Crippen molar-refractivity contribution < 1.29 is 4.42 Å². The molecule has 1 unspecified atom stereocenters. The average Bonchev–Trinajstić information content (AvgIpc) is 3.56. The van der Waals surface area contributed by atoms with E-state index in [1.807, 2.05) is 18.3 Å². The molecule has 1 atom stereocenters. The molecule has 0 saturated carbocycles. The lowest BCUT2D eigenvalue weighted by molar-refractivity contribution is 0.668. The first-order valence-electron chi connectivity index (χ1n) is 17.7. The number of benzene rings is 7. The Hall–Kier alpha value is -6.32. The standard InChI is InChI=1S/C48H34N2O/c1-30-25-32(33-21-24-46-43(28-33)40-15-9-10-18-45(40)51-46)19-22-36(30)37-23-20-34(27-35(37)26-31-11-3-2-4-12-31)44-29-49-47-41-16-7-5-13-38(41)39-14-6-8-17-42(39)48(47)50-44/h2-24,27-29,32H,25-26H2,1H3. The lowest BCUT2D eigenvalue weighted by atomic mass is 9.81. The minimum atomic E-state index is 0.308. The smallest absolute Gasteiger partial charge is 0.135 e. The van der Waals surface area contributed by atoms with Crippen molar-refractivity contribution in [3.63, 3.8) is 0 Å². The number of allylic oxidation sites excluding steroid dienone is 4. The molecule has 3 nitrogen and oxygen atoms in total. The zero-order chi connectivity index (χ0) is 33.9. The first-order chi connectivity index (χ1) is 25.2. The van der Waals surface area contributed by atoms with Crippen molar-refractivity contribution in [3.05, 3.63) is 186 Å². The van der Waals surface area contributed by atoms with E-state index in [4.69, 9.17) is 14.4 Å². The van der Waals surface area contributed by atoms with Crippen molar-refractivity contribution in [1.29, 1.82) is 0 Å². The summed E-state index contributed by atoms with van der Waals surface area (Å²) in [6.07, 6.45) is 8.47. The lowest BCUT2D eigenvalue weighted by Gasteiger charge is -2.23. The summed E-state index contributed by atoms with van der Waals surface area (Å²) in [4.78, 5) is 10.4. The van der Waals surface area contributed by atoms with Gasteiger partial charge in [0.1, 0.15) is 11.2 Å². The number of nitrogens with zero attached hydrogens (tertiary/aromatic N) is 2. The van der Waals surface area contributed by atoms with Crippen LogP contribution < -0.4 is 0 Å². The summed E-state index contributed by atoms with van der Waals surface area (Å²) in [6, 6.07) is 49.7. The van der Waals surface area contributed by atoms with Gasteiger partial charge in [-0.05, 0) is 82.6 Å². The highest BCUT2D eigenvalue weighted by Crippen LogP contribution is 2.40. The van der Waals surface area contributed by atoms with Gasteiger partial charge in [0.15, 0.2) is 0 Å². The van der Waals surface area contributed by atoms with Crippen molar-refractivity contribution in [2.75, 3.05) is 0 Å². The molecule has 0 aliphatic heterocycles. The van der Waals surface area contributed by atoms with Crippen molar-refractivity contribution >= 4 is 60.1 Å². The summed E-state index contributed by atoms with van der Waals surface area (Å²) in [6.45, 7) is 2.29. The van der Waals surface area contributed by atoms with E-state index < -0.39 is 0 Å². The second-order valence-electron chi connectivity index (χ2n) is 13.8. The molecule has 0 amide bonds. The summed E-state index contributed by atoms with van der Waals surface area (Å²) in [5, 5.41) is 7.03. The Kier molecular flexibility index (Phi) is 6.92. The van der Waals surface area contributed by atoms with Gasteiger partial charge in [-0.3, -0.25) is 4.98 Å². The molecule has 10 rings (SSSR count). The highest BCUT2D eigenvalue weighted by Gasteiger charge is 2.21. The molecule has 0 N–H and O–H groups in total. The summed E-state index contributed by atoms with van der Waals surface area (Å²) in [5.41, 5.74) is 13.6. The van der Waals surface area contributed by atoms with Crippen LogP contribution in [0.2, 0.25) is 0 Å². The van der Waals surface area contributed by atoms with Crippen molar-refractivity contribution in [2.45, 2.75) is 25.7 Å². The van der Waals surface area contributed by atoms with E-state index in [9.17, 15) is 0 Å². The molecule has 3 heteroatoms. The molecule has 2 aromatic heterocycles. The topological polar surface area (TPSA) is 38.9 Å². The van der Waals surface area contributed by atoms with Crippen LogP contribution in [-0.4, -0.2) is 9.97 Å². The van der Waals surface area contributed by atoms with E-state index in [1.54, 1.807) is 0 Å². The summed E-state index contributed by atoms with van der Waals surface area (Å²) in [5.74, 6) is 0.308. The maximum atomic E-state index is 6.12. The fourth-order valence-electron chi connectivity index (χ4n) is 8.13. The van der Waals surface area contributed by atoms with E-state index in [1.165, 1.54) is 54.9 Å². The zero-order valence-corrected chi connectivity index (χ0v) is 28.3. The molecule has 0 bridgehead atoms. The molecule has 9 aromatic rings. The quantitative estimate of drug-likeness (QED) is 0.173. The second-order valence-corrected chi connectivity index (χ2v) is 13.8. The maximum absolute atomic E-state index is 6.12. The molecule has 0 saturated heterocycles. The first-order valence-corrected chi connectivity index (χ1v) is 17.7. The van der Waals surface area contributed by atoms with Gasteiger partial charge in [-0.25, -0.2) is 4.98 Å². The van der Waals surface area contributed by atoms with Crippen LogP contribution in [0.1, 0.15) is 41.5 Å². The fourth-order valence-corrected chi connectivity index (χ4v) is 8.13. The molecule has 1 aliphatic rings. The Bertz CT molecular complexity index is 2840. The van der Waals surface area contributed by atoms with Gasteiger partial charge < -0.3 is 4.42 Å². The number of hydrogen-bond acceptors (Lipinski definition) is 3. The molecular formula is C48H34N2O. The van der Waals surface area contributed by atoms with E-state index in [0.29, 0.717) is 5.92 Å². The molecule has 0 radical (unpaired) electrons. The minimum absolute atomic E-state index is 0.308. The number of hydrogen-bond donors (Lipinski definition) is 0. The fraction of sp³-hybridized carbons (Fsp3) is 0.0833. The lowest BCUT2D eigenvalue weighted by Crippen LogP contribution is -2.05. The van der Waals surface area contributed by atoms with Gasteiger partial charge in [0, 0.05) is 33.0 Å². The average molecular weight is 655 g/mol. The summed E-state index contributed by atoms with van der Waals surface area (Å²) < 4.78 is 6.12. The van der Waals surface area contributed by atoms with Crippen LogP contribution in [0.5, 0.6) is 0 Å². The number of para-hydroxylation sites is 1. The van der Waals surface area contributed by atoms with Gasteiger partial charge in [0.25, 0.3) is 0 Å². The van der Waals surface area contributed by atoms with Gasteiger partial charge in [-0.15, -0.1) is 0 Å². The van der Waals surface area contributed by atoms with Crippen LogP contribution in [0, 0.1) is 0 Å². The van der Waals surface area contributed by atoms with Gasteiger partial charge in [-0.1, -0.05) is 133 Å². The number of furan rings is 1. The highest BCUT2D eigenvalue weighted by molar-refractivity contribution is 6.23. The Labute approximate surface area is 296 Å². The van der Waals surface area contributed by atoms with Crippen molar-refractivity contribution in [3.8, 4) is 11.3 Å². The summed E-state index contributed by atoms with van der Waals surface area (Å²) >= 11 is 0. The highest BCUT2D eigenvalue weighted by atomic mass is 16.3. The number of fused-ring (bicyclic) bond motifs is 9. The van der Waals surface area contributed by atoms with E-state index in [2.05, 4.69) is 146 Å². The van der Waals surface area contributed by atoms with Crippen molar-refractivity contribution in [2.24, 2.45) is 0 Å². The predicted molar refractivity (Wildman–Crippen MR) is 212 cm³/mol. The molecule has 0 spiro atoms. The molecule has 1 aliphatic carbocycles. The van der Waals surface area contributed by atoms with Crippen molar-refractivity contribution in [1.82, 2.24) is 9.97 Å². The van der Waals surface area contributed by atoms with Crippen LogP contribution >= 0.6 is 0 Å². The van der Waals surface area contributed by atoms with Crippen LogP contribution in [0.15, 0.2) is 168 Å². The Morgan fingerprint density at radius 1 is 0.627 bits per heavy atom. The third kappa shape index (κ3) is 5.04. The largest absolute Gasteiger partial charge is 0.456 e. The van der Waals surface area contributed by atoms with Gasteiger partial charge in [-0.2, -0.15) is 0 Å². The SMILES string of the molecule is CC1=C(c2ccc(-c3cnc4c5ccccc5c5ccccc5c4n3)cc2Cc2ccccc2)C=CC(c2ccc3oc4ccccc4c3c2)C1. The van der Waals surface area contributed by atoms with Gasteiger partial charge in [0.05, 0.1) is 22.9 Å². The minimum Gasteiger partial charge on any atom is -0.456 e. The Morgan fingerprint density at radius 3 is 2.10 bits per heavy atom. The van der Waals surface area contributed by atoms with Gasteiger partial charge in [0.2, 0.25) is 0 Å². The van der Waals surface area contributed by atoms with Crippen LogP contribution in [0.4, 0.5) is 0 Å². The molecular weight excluding hydrogens is 621 g/mol.